The number of sulfonamides is 1. The van der Waals surface area contributed by atoms with Gasteiger partial charge in [0.2, 0.25) is 15.9 Å². The van der Waals surface area contributed by atoms with E-state index in [1.807, 2.05) is 13.8 Å². The minimum atomic E-state index is -3.80. The van der Waals surface area contributed by atoms with Crippen LogP contribution in [0.5, 0.6) is 0 Å². The number of amides is 1. The number of nitrogens with zero attached hydrogens (tertiary/aromatic N) is 1. The normalized spacial score (nSPS) is 14.1. The second-order valence-electron chi connectivity index (χ2n) is 5.61. The first-order valence-electron chi connectivity index (χ1n) is 7.65. The maximum Gasteiger partial charge on any atom is 0.244 e. The third-order valence-electron chi connectivity index (χ3n) is 3.71. The summed E-state index contributed by atoms with van der Waals surface area (Å²) in [4.78, 5) is 12.6. The lowest BCUT2D eigenvalue weighted by Crippen LogP contribution is -2.47. The molecule has 1 aromatic carbocycles. The Balaban J connectivity index is 2.20. The zero-order chi connectivity index (χ0) is 17.7. The summed E-state index contributed by atoms with van der Waals surface area (Å²) in [7, 11) is -3.80. The van der Waals surface area contributed by atoms with E-state index < -0.39 is 22.0 Å². The van der Waals surface area contributed by atoms with E-state index in [2.05, 4.69) is 15.2 Å². The summed E-state index contributed by atoms with van der Waals surface area (Å²) in [5.41, 5.74) is 0. The molecule has 0 saturated heterocycles. The van der Waals surface area contributed by atoms with Crippen LogP contribution in [-0.4, -0.2) is 25.5 Å². The zero-order valence-corrected chi connectivity index (χ0v) is 14.6. The van der Waals surface area contributed by atoms with E-state index in [-0.39, 0.29) is 16.6 Å². The van der Waals surface area contributed by atoms with Gasteiger partial charge >= 0.3 is 0 Å². The molecule has 24 heavy (non-hydrogen) atoms. The predicted octanol–water partition coefficient (Wildman–Crippen LogP) is 2.31. The van der Waals surface area contributed by atoms with Gasteiger partial charge in [-0.3, -0.25) is 4.79 Å². The maximum absolute atomic E-state index is 12.5. The average Bonchev–Trinajstić information content (AvgIpc) is 2.97. The first kappa shape index (κ1) is 18.2. The summed E-state index contributed by atoms with van der Waals surface area (Å²) in [5, 5.41) is 6.28. The molecule has 8 heteroatoms. The van der Waals surface area contributed by atoms with Crippen molar-refractivity contribution < 1.29 is 17.7 Å². The van der Waals surface area contributed by atoms with Gasteiger partial charge in [-0.15, -0.1) is 0 Å². The van der Waals surface area contributed by atoms with Crippen LogP contribution in [-0.2, 0) is 14.8 Å². The molecule has 1 unspecified atom stereocenters. The van der Waals surface area contributed by atoms with E-state index in [1.54, 1.807) is 31.2 Å². The van der Waals surface area contributed by atoms with Crippen LogP contribution in [0.25, 0.3) is 0 Å². The highest BCUT2D eigenvalue weighted by atomic mass is 32.2. The molecule has 0 saturated carbocycles. The summed E-state index contributed by atoms with van der Waals surface area (Å²) in [5.74, 6) is 0.133. The summed E-state index contributed by atoms with van der Waals surface area (Å²) in [6.45, 7) is 5.40. The fraction of sp³-hybridized carbons (Fsp3) is 0.375. The molecule has 0 aliphatic heterocycles. The van der Waals surface area contributed by atoms with E-state index >= 15 is 0 Å². The van der Waals surface area contributed by atoms with Gasteiger partial charge in [0.1, 0.15) is 11.8 Å². The highest BCUT2D eigenvalue weighted by Crippen LogP contribution is 2.16. The number of nitrogens with one attached hydrogen (secondary N) is 2. The second kappa shape index (κ2) is 7.59. The lowest BCUT2D eigenvalue weighted by Gasteiger charge is -2.22. The number of rotatable bonds is 7. The molecule has 2 N–H and O–H groups in total. The number of hydrogen-bond donors (Lipinski definition) is 2. The van der Waals surface area contributed by atoms with Crippen molar-refractivity contribution in [2.45, 2.75) is 38.1 Å². The van der Waals surface area contributed by atoms with Crippen molar-refractivity contribution in [1.82, 2.24) is 9.88 Å². The summed E-state index contributed by atoms with van der Waals surface area (Å²) in [6.07, 6.45) is 0.632. The van der Waals surface area contributed by atoms with Crippen LogP contribution in [0.15, 0.2) is 45.8 Å². The van der Waals surface area contributed by atoms with Crippen LogP contribution in [0.4, 0.5) is 5.82 Å². The first-order valence-corrected chi connectivity index (χ1v) is 9.13. The lowest BCUT2D eigenvalue weighted by molar-refractivity contribution is -0.118. The van der Waals surface area contributed by atoms with Gasteiger partial charge in [0.25, 0.3) is 0 Å². The second-order valence-corrected chi connectivity index (χ2v) is 7.32. The number of carbonyl (C=O) groups is 1. The van der Waals surface area contributed by atoms with Gasteiger partial charge in [-0.25, -0.2) is 8.42 Å². The Morgan fingerprint density at radius 2 is 1.96 bits per heavy atom. The monoisotopic (exact) mass is 351 g/mol. The molecule has 1 amide bonds. The molecule has 1 aromatic heterocycles. The quantitative estimate of drug-likeness (QED) is 0.797. The summed E-state index contributed by atoms with van der Waals surface area (Å²) < 4.78 is 32.4. The fourth-order valence-corrected chi connectivity index (χ4v) is 3.45. The fourth-order valence-electron chi connectivity index (χ4n) is 2.13. The molecule has 1 heterocycles. The van der Waals surface area contributed by atoms with Gasteiger partial charge < -0.3 is 9.84 Å². The maximum atomic E-state index is 12.5. The molecule has 0 radical (unpaired) electrons. The molecular weight excluding hydrogens is 330 g/mol. The highest BCUT2D eigenvalue weighted by molar-refractivity contribution is 7.89. The first-order chi connectivity index (χ1) is 11.3. The molecule has 2 aromatic rings. The van der Waals surface area contributed by atoms with E-state index in [9.17, 15) is 13.2 Å². The molecule has 0 aliphatic carbocycles. The lowest BCUT2D eigenvalue weighted by atomic mass is 9.99. The summed E-state index contributed by atoms with van der Waals surface area (Å²) in [6, 6.07) is 8.60. The Hall–Kier alpha value is -2.19. The van der Waals surface area contributed by atoms with Crippen molar-refractivity contribution >= 4 is 21.7 Å². The van der Waals surface area contributed by atoms with Gasteiger partial charge in [0.05, 0.1) is 4.90 Å². The van der Waals surface area contributed by atoms with Crippen LogP contribution >= 0.6 is 0 Å². The largest absolute Gasteiger partial charge is 0.360 e. The van der Waals surface area contributed by atoms with E-state index in [4.69, 9.17) is 4.52 Å². The molecular formula is C16H21N3O4S. The predicted molar refractivity (Wildman–Crippen MR) is 89.9 cm³/mol. The standard InChI is InChI=1S/C16H21N3O4S/c1-4-11(2)15(16(20)17-14-10-12(3)23-18-14)19-24(21,22)13-8-6-5-7-9-13/h5-11,15,19H,4H2,1-3H3,(H,17,18,20)/t11?,15-/m0/s1. The van der Waals surface area contributed by atoms with Gasteiger partial charge in [-0.1, -0.05) is 43.6 Å². The van der Waals surface area contributed by atoms with E-state index in [1.165, 1.54) is 12.1 Å². The van der Waals surface area contributed by atoms with Crippen LogP contribution in [0.1, 0.15) is 26.0 Å². The zero-order valence-electron chi connectivity index (χ0n) is 13.8. The van der Waals surface area contributed by atoms with Crippen LogP contribution in [0.2, 0.25) is 0 Å². The molecule has 7 nitrogen and oxygen atoms in total. The SMILES string of the molecule is CCC(C)[C@H](NS(=O)(=O)c1ccccc1)C(=O)Nc1cc(C)on1. The molecule has 130 valence electrons. The highest BCUT2D eigenvalue weighted by Gasteiger charge is 2.30. The Morgan fingerprint density at radius 3 is 2.50 bits per heavy atom. The van der Waals surface area contributed by atoms with Crippen molar-refractivity contribution in [2.75, 3.05) is 5.32 Å². The number of benzene rings is 1. The molecule has 0 spiro atoms. The number of carbonyl (C=O) groups excluding carboxylic acids is 1. The molecule has 0 aliphatic rings. The third kappa shape index (κ3) is 4.42. The Kier molecular flexibility index (Phi) is 5.74. The van der Waals surface area contributed by atoms with Crippen LogP contribution < -0.4 is 10.0 Å². The Bertz CT molecular complexity index is 787. The number of aryl methyl sites for hydroxylation is 1. The van der Waals surface area contributed by atoms with Crippen LogP contribution in [0, 0.1) is 12.8 Å². The van der Waals surface area contributed by atoms with Crippen molar-refractivity contribution in [3.8, 4) is 0 Å². The number of anilines is 1. The van der Waals surface area contributed by atoms with Crippen LogP contribution in [0.3, 0.4) is 0 Å². The third-order valence-corrected chi connectivity index (χ3v) is 5.17. The Morgan fingerprint density at radius 1 is 1.29 bits per heavy atom. The van der Waals surface area contributed by atoms with E-state index in [0.29, 0.717) is 12.2 Å². The molecule has 0 fully saturated rings. The van der Waals surface area contributed by atoms with Crippen molar-refractivity contribution in [3.63, 3.8) is 0 Å². The Labute approximate surface area is 141 Å². The van der Waals surface area contributed by atoms with E-state index in [0.717, 1.165) is 0 Å². The molecule has 0 bridgehead atoms. The van der Waals surface area contributed by atoms with Gasteiger partial charge in [-0.05, 0) is 25.0 Å². The van der Waals surface area contributed by atoms with Crippen molar-refractivity contribution in [3.05, 3.63) is 42.2 Å². The molecule has 2 rings (SSSR count). The van der Waals surface area contributed by atoms with Crippen molar-refractivity contribution in [1.29, 1.82) is 0 Å². The average molecular weight is 351 g/mol. The minimum Gasteiger partial charge on any atom is -0.360 e. The number of hydrogen-bond acceptors (Lipinski definition) is 5. The number of aromatic nitrogens is 1. The smallest absolute Gasteiger partial charge is 0.244 e. The minimum absolute atomic E-state index is 0.114. The van der Waals surface area contributed by atoms with Gasteiger partial charge in [-0.2, -0.15) is 4.72 Å². The topological polar surface area (TPSA) is 101 Å². The van der Waals surface area contributed by atoms with Gasteiger partial charge in [0.15, 0.2) is 5.82 Å². The molecule has 2 atom stereocenters. The summed E-state index contributed by atoms with van der Waals surface area (Å²) >= 11 is 0. The van der Waals surface area contributed by atoms with Crippen molar-refractivity contribution in [2.24, 2.45) is 5.92 Å². The van der Waals surface area contributed by atoms with Gasteiger partial charge in [0, 0.05) is 6.07 Å².